The lowest BCUT2D eigenvalue weighted by molar-refractivity contribution is -0.115. The second-order valence-corrected chi connectivity index (χ2v) is 4.59. The van der Waals surface area contributed by atoms with E-state index in [1.165, 1.54) is 11.3 Å². The van der Waals surface area contributed by atoms with Crippen LogP contribution in [0, 0.1) is 11.3 Å². The molecule has 0 spiro atoms. The van der Waals surface area contributed by atoms with E-state index in [4.69, 9.17) is 10.4 Å². The van der Waals surface area contributed by atoms with Gasteiger partial charge in [-0.1, -0.05) is 12.1 Å². The molecule has 0 fully saturated rings. The lowest BCUT2D eigenvalue weighted by atomic mass is 10.2. The predicted octanol–water partition coefficient (Wildman–Crippen LogP) is 2.15. The van der Waals surface area contributed by atoms with Gasteiger partial charge in [-0.15, -0.1) is 11.3 Å². The van der Waals surface area contributed by atoms with E-state index in [1.54, 1.807) is 23.6 Å². The minimum absolute atomic E-state index is 0.112. The summed E-state index contributed by atoms with van der Waals surface area (Å²) in [5.74, 6) is -0.353. The minimum atomic E-state index is -0.353. The molecule has 19 heavy (non-hydrogen) atoms. The summed E-state index contributed by atoms with van der Waals surface area (Å²) in [4.78, 5) is 15.7. The fourth-order valence-corrected chi connectivity index (χ4v) is 2.40. The Balaban J connectivity index is 2.30. The van der Waals surface area contributed by atoms with Crippen molar-refractivity contribution in [1.82, 2.24) is 4.98 Å². The van der Waals surface area contributed by atoms with Crippen molar-refractivity contribution in [2.24, 2.45) is 0 Å². The summed E-state index contributed by atoms with van der Waals surface area (Å²) in [5, 5.41) is 22.7. The Labute approximate surface area is 114 Å². The summed E-state index contributed by atoms with van der Waals surface area (Å²) in [7, 11) is 0. The number of nitrogens with zero attached hydrogens (tertiary/aromatic N) is 2. The third-order valence-corrected chi connectivity index (χ3v) is 3.31. The Morgan fingerprint density at radius 2 is 2.26 bits per heavy atom. The van der Waals surface area contributed by atoms with Crippen molar-refractivity contribution in [1.29, 1.82) is 5.26 Å². The average Bonchev–Trinajstić information content (AvgIpc) is 2.88. The maximum absolute atomic E-state index is 11.5. The summed E-state index contributed by atoms with van der Waals surface area (Å²) < 4.78 is 0. The van der Waals surface area contributed by atoms with Crippen LogP contribution in [0.1, 0.15) is 12.1 Å². The van der Waals surface area contributed by atoms with E-state index in [9.17, 15) is 4.79 Å². The molecule has 2 N–H and O–H groups in total. The molecule has 0 unspecified atom stereocenters. The predicted molar refractivity (Wildman–Crippen MR) is 72.3 cm³/mol. The number of rotatable bonds is 4. The SMILES string of the molecule is N#CCC(=O)Nc1ccccc1-c1nc(CO)cs1. The van der Waals surface area contributed by atoms with Gasteiger partial charge in [0.15, 0.2) is 0 Å². The largest absolute Gasteiger partial charge is 0.390 e. The van der Waals surface area contributed by atoms with E-state index >= 15 is 0 Å². The number of hydrogen-bond acceptors (Lipinski definition) is 5. The van der Waals surface area contributed by atoms with E-state index in [1.807, 2.05) is 12.1 Å². The zero-order valence-electron chi connectivity index (χ0n) is 9.96. The number of carbonyl (C=O) groups is 1. The van der Waals surface area contributed by atoms with Gasteiger partial charge in [-0.3, -0.25) is 4.79 Å². The zero-order valence-corrected chi connectivity index (χ0v) is 10.8. The number of aromatic nitrogens is 1. The Bertz CT molecular complexity index is 631. The number of hydrogen-bond donors (Lipinski definition) is 2. The Kier molecular flexibility index (Phi) is 4.23. The van der Waals surface area contributed by atoms with Crippen LogP contribution < -0.4 is 5.32 Å². The number of carbonyl (C=O) groups excluding carboxylic acids is 1. The van der Waals surface area contributed by atoms with Crippen LogP contribution in [-0.2, 0) is 11.4 Å². The Hall–Kier alpha value is -2.23. The monoisotopic (exact) mass is 273 g/mol. The first-order chi connectivity index (χ1) is 9.24. The highest BCUT2D eigenvalue weighted by Crippen LogP contribution is 2.30. The van der Waals surface area contributed by atoms with Gasteiger partial charge < -0.3 is 10.4 Å². The van der Waals surface area contributed by atoms with Crippen LogP contribution in [0.25, 0.3) is 10.6 Å². The number of nitriles is 1. The second kappa shape index (κ2) is 6.09. The van der Waals surface area contributed by atoms with Gasteiger partial charge in [-0.05, 0) is 12.1 Å². The van der Waals surface area contributed by atoms with Gasteiger partial charge in [0.2, 0.25) is 5.91 Å². The van der Waals surface area contributed by atoms with Crippen LogP contribution in [0.5, 0.6) is 0 Å². The topological polar surface area (TPSA) is 86.0 Å². The lowest BCUT2D eigenvalue weighted by Gasteiger charge is -2.07. The van der Waals surface area contributed by atoms with Crippen LogP contribution in [0.3, 0.4) is 0 Å². The standard InChI is InChI=1S/C13H11N3O2S/c14-6-5-12(18)16-11-4-2-1-3-10(11)13-15-9(7-17)8-19-13/h1-4,8,17H,5,7H2,(H,16,18). The molecule has 0 saturated carbocycles. The smallest absolute Gasteiger partial charge is 0.238 e. The van der Waals surface area contributed by atoms with Crippen molar-refractivity contribution >= 4 is 22.9 Å². The van der Waals surface area contributed by atoms with Crippen molar-refractivity contribution in [2.45, 2.75) is 13.0 Å². The molecule has 1 amide bonds. The summed E-state index contributed by atoms with van der Waals surface area (Å²) in [6.45, 7) is -0.112. The third-order valence-electron chi connectivity index (χ3n) is 2.38. The van der Waals surface area contributed by atoms with Crippen molar-refractivity contribution in [3.63, 3.8) is 0 Å². The highest BCUT2D eigenvalue weighted by molar-refractivity contribution is 7.13. The van der Waals surface area contributed by atoms with Gasteiger partial charge in [-0.2, -0.15) is 5.26 Å². The first kappa shape index (κ1) is 13.2. The number of aliphatic hydroxyl groups is 1. The fraction of sp³-hybridized carbons (Fsp3) is 0.154. The summed E-state index contributed by atoms with van der Waals surface area (Å²) >= 11 is 1.39. The van der Waals surface area contributed by atoms with Gasteiger partial charge >= 0.3 is 0 Å². The molecule has 1 aromatic heterocycles. The number of benzene rings is 1. The first-order valence-corrected chi connectivity index (χ1v) is 6.44. The van der Waals surface area contributed by atoms with Gasteiger partial charge in [0.05, 0.1) is 24.1 Å². The highest BCUT2D eigenvalue weighted by atomic mass is 32.1. The van der Waals surface area contributed by atoms with E-state index in [0.29, 0.717) is 11.4 Å². The van der Waals surface area contributed by atoms with Crippen LogP contribution >= 0.6 is 11.3 Å². The number of nitrogens with one attached hydrogen (secondary N) is 1. The molecule has 1 aromatic carbocycles. The van der Waals surface area contributed by atoms with Gasteiger partial charge in [0.25, 0.3) is 0 Å². The van der Waals surface area contributed by atoms with Gasteiger partial charge in [0.1, 0.15) is 11.4 Å². The lowest BCUT2D eigenvalue weighted by Crippen LogP contribution is -2.10. The van der Waals surface area contributed by atoms with Crippen LogP contribution in [0.15, 0.2) is 29.6 Å². The molecule has 0 atom stereocenters. The first-order valence-electron chi connectivity index (χ1n) is 5.56. The average molecular weight is 273 g/mol. The number of para-hydroxylation sites is 1. The Morgan fingerprint density at radius 1 is 1.47 bits per heavy atom. The molecule has 0 saturated heterocycles. The quantitative estimate of drug-likeness (QED) is 0.893. The zero-order chi connectivity index (χ0) is 13.7. The van der Waals surface area contributed by atoms with Crippen molar-refractivity contribution < 1.29 is 9.90 Å². The molecular formula is C13H11N3O2S. The molecular weight excluding hydrogens is 262 g/mol. The normalized spacial score (nSPS) is 9.89. The molecule has 2 rings (SSSR count). The van der Waals surface area contributed by atoms with Crippen LogP contribution in [0.2, 0.25) is 0 Å². The maximum Gasteiger partial charge on any atom is 0.238 e. The summed E-state index contributed by atoms with van der Waals surface area (Å²) in [5.41, 5.74) is 1.98. The minimum Gasteiger partial charge on any atom is -0.390 e. The Morgan fingerprint density at radius 3 is 2.95 bits per heavy atom. The number of anilines is 1. The molecule has 0 radical (unpaired) electrons. The van der Waals surface area contributed by atoms with Crippen molar-refractivity contribution in [3.05, 3.63) is 35.3 Å². The molecule has 6 heteroatoms. The number of thiazole rings is 1. The van der Waals surface area contributed by atoms with Crippen LogP contribution in [0.4, 0.5) is 5.69 Å². The molecule has 5 nitrogen and oxygen atoms in total. The fourth-order valence-electron chi connectivity index (χ4n) is 1.55. The molecule has 0 aliphatic rings. The van der Waals surface area contributed by atoms with Crippen molar-refractivity contribution in [2.75, 3.05) is 5.32 Å². The number of aliphatic hydroxyl groups excluding tert-OH is 1. The van der Waals surface area contributed by atoms with E-state index < -0.39 is 0 Å². The van der Waals surface area contributed by atoms with Gasteiger partial charge in [-0.25, -0.2) is 4.98 Å². The highest BCUT2D eigenvalue weighted by Gasteiger charge is 2.11. The molecule has 0 bridgehead atoms. The molecule has 0 aliphatic carbocycles. The third kappa shape index (κ3) is 3.16. The maximum atomic E-state index is 11.5. The molecule has 0 aliphatic heterocycles. The summed E-state index contributed by atoms with van der Waals surface area (Å²) in [6, 6.07) is 9.03. The van der Waals surface area contributed by atoms with Crippen LogP contribution in [-0.4, -0.2) is 16.0 Å². The molecule has 96 valence electrons. The van der Waals surface area contributed by atoms with Gasteiger partial charge in [0, 0.05) is 10.9 Å². The number of amides is 1. The molecule has 1 heterocycles. The second-order valence-electron chi connectivity index (χ2n) is 3.73. The van der Waals surface area contributed by atoms with E-state index in [2.05, 4.69) is 10.3 Å². The van der Waals surface area contributed by atoms with E-state index in [0.717, 1.165) is 10.6 Å². The van der Waals surface area contributed by atoms with E-state index in [-0.39, 0.29) is 18.9 Å². The molecule has 2 aromatic rings. The van der Waals surface area contributed by atoms with Crippen molar-refractivity contribution in [3.8, 4) is 16.6 Å². The summed E-state index contributed by atoms with van der Waals surface area (Å²) in [6.07, 6.45) is -0.186.